The average molecular weight is 268 g/mol. The highest BCUT2D eigenvalue weighted by atomic mass is 19.1. The molecule has 1 fully saturated rings. The van der Waals surface area contributed by atoms with Crippen molar-refractivity contribution < 1.29 is 13.6 Å². The fraction of sp³-hybridized carbons (Fsp3) is 0.500. The van der Waals surface area contributed by atoms with E-state index in [1.165, 1.54) is 12.8 Å². The number of carbonyl (C=O) groups is 1. The van der Waals surface area contributed by atoms with E-state index in [2.05, 4.69) is 5.32 Å². The standard InChI is InChI=1S/C14H18F2N2O/c15-11-8-12(16)13(17)7-10(11)14(19)18-9-5-3-1-2-4-6-9/h7-9H,1-6,17H2,(H,18,19). The zero-order chi connectivity index (χ0) is 13.8. The molecule has 0 aromatic heterocycles. The van der Waals surface area contributed by atoms with Crippen LogP contribution >= 0.6 is 0 Å². The van der Waals surface area contributed by atoms with E-state index in [4.69, 9.17) is 5.73 Å². The lowest BCUT2D eigenvalue weighted by atomic mass is 10.1. The first kappa shape index (κ1) is 13.8. The minimum atomic E-state index is -0.877. The average Bonchev–Trinajstić information content (AvgIpc) is 2.62. The van der Waals surface area contributed by atoms with E-state index < -0.39 is 17.5 Å². The molecule has 1 aromatic carbocycles. The van der Waals surface area contributed by atoms with E-state index in [0.717, 1.165) is 31.7 Å². The summed E-state index contributed by atoms with van der Waals surface area (Å²) in [6.45, 7) is 0. The summed E-state index contributed by atoms with van der Waals surface area (Å²) in [5.41, 5.74) is 4.96. The molecule has 0 radical (unpaired) electrons. The fourth-order valence-corrected chi connectivity index (χ4v) is 2.43. The number of amides is 1. The lowest BCUT2D eigenvalue weighted by Crippen LogP contribution is -2.35. The van der Waals surface area contributed by atoms with Gasteiger partial charge in [-0.1, -0.05) is 25.7 Å². The molecule has 0 spiro atoms. The molecule has 1 aromatic rings. The smallest absolute Gasteiger partial charge is 0.254 e. The maximum Gasteiger partial charge on any atom is 0.254 e. The van der Waals surface area contributed by atoms with E-state index in [9.17, 15) is 13.6 Å². The van der Waals surface area contributed by atoms with Gasteiger partial charge in [-0.05, 0) is 18.9 Å². The van der Waals surface area contributed by atoms with Crippen LogP contribution in [0.25, 0.3) is 0 Å². The SMILES string of the molecule is Nc1cc(C(=O)NC2CCCCCC2)c(F)cc1F. The Morgan fingerprint density at radius 2 is 1.74 bits per heavy atom. The van der Waals surface area contributed by atoms with Crippen molar-refractivity contribution in [3.8, 4) is 0 Å². The topological polar surface area (TPSA) is 55.1 Å². The molecular formula is C14H18F2N2O. The van der Waals surface area contributed by atoms with Crippen LogP contribution in [0.15, 0.2) is 12.1 Å². The minimum Gasteiger partial charge on any atom is -0.396 e. The molecule has 19 heavy (non-hydrogen) atoms. The summed E-state index contributed by atoms with van der Waals surface area (Å²) in [6, 6.07) is 1.77. The van der Waals surface area contributed by atoms with Gasteiger partial charge >= 0.3 is 0 Å². The summed E-state index contributed by atoms with van der Waals surface area (Å²) in [5, 5.41) is 2.81. The van der Waals surface area contributed by atoms with Crippen LogP contribution in [0.4, 0.5) is 14.5 Å². The Balaban J connectivity index is 2.08. The lowest BCUT2D eigenvalue weighted by Gasteiger charge is -2.16. The van der Waals surface area contributed by atoms with Gasteiger partial charge in [0, 0.05) is 12.1 Å². The maximum absolute atomic E-state index is 13.6. The van der Waals surface area contributed by atoms with Gasteiger partial charge in [0.2, 0.25) is 0 Å². The van der Waals surface area contributed by atoms with Crippen molar-refractivity contribution in [2.45, 2.75) is 44.6 Å². The molecule has 1 amide bonds. The minimum absolute atomic E-state index is 0.0701. The lowest BCUT2D eigenvalue weighted by molar-refractivity contribution is 0.0929. The van der Waals surface area contributed by atoms with Crippen LogP contribution < -0.4 is 11.1 Å². The second-order valence-corrected chi connectivity index (χ2v) is 5.02. The Bertz CT molecular complexity index is 469. The number of nitrogens with one attached hydrogen (secondary N) is 1. The highest BCUT2D eigenvalue weighted by Gasteiger charge is 2.19. The van der Waals surface area contributed by atoms with Crippen LogP contribution in [0.3, 0.4) is 0 Å². The van der Waals surface area contributed by atoms with Crippen LogP contribution in [0, 0.1) is 11.6 Å². The highest BCUT2D eigenvalue weighted by molar-refractivity contribution is 5.95. The first-order chi connectivity index (χ1) is 9.08. The van der Waals surface area contributed by atoms with Crippen LogP contribution in [-0.2, 0) is 0 Å². The predicted molar refractivity (Wildman–Crippen MR) is 69.7 cm³/mol. The van der Waals surface area contributed by atoms with E-state index in [-0.39, 0.29) is 17.3 Å². The van der Waals surface area contributed by atoms with E-state index in [1.807, 2.05) is 0 Å². The molecule has 5 heteroatoms. The first-order valence-corrected chi connectivity index (χ1v) is 6.63. The van der Waals surface area contributed by atoms with Gasteiger partial charge in [-0.2, -0.15) is 0 Å². The van der Waals surface area contributed by atoms with Gasteiger partial charge in [-0.3, -0.25) is 4.79 Å². The van der Waals surface area contributed by atoms with Gasteiger partial charge < -0.3 is 11.1 Å². The monoisotopic (exact) mass is 268 g/mol. The largest absolute Gasteiger partial charge is 0.396 e. The van der Waals surface area contributed by atoms with E-state index in [1.54, 1.807) is 0 Å². The van der Waals surface area contributed by atoms with Gasteiger partial charge in [0.25, 0.3) is 5.91 Å². The number of hydrogen-bond donors (Lipinski definition) is 2. The number of halogens is 2. The molecule has 0 aliphatic heterocycles. The second-order valence-electron chi connectivity index (χ2n) is 5.02. The van der Waals surface area contributed by atoms with E-state index in [0.29, 0.717) is 6.07 Å². The van der Waals surface area contributed by atoms with Crippen LogP contribution in [0.5, 0.6) is 0 Å². The number of hydrogen-bond acceptors (Lipinski definition) is 2. The Kier molecular flexibility index (Phi) is 4.35. The summed E-state index contributed by atoms with van der Waals surface area (Å²) in [5.74, 6) is -2.24. The third kappa shape index (κ3) is 3.43. The third-order valence-electron chi connectivity index (χ3n) is 3.52. The molecule has 1 saturated carbocycles. The number of benzene rings is 1. The Hall–Kier alpha value is -1.65. The molecule has 0 atom stereocenters. The molecule has 0 bridgehead atoms. The number of anilines is 1. The van der Waals surface area contributed by atoms with E-state index >= 15 is 0 Å². The molecule has 1 aliphatic carbocycles. The van der Waals surface area contributed by atoms with Crippen molar-refractivity contribution in [1.29, 1.82) is 0 Å². The number of nitrogens with two attached hydrogens (primary N) is 1. The molecule has 0 saturated heterocycles. The van der Waals surface area contributed by atoms with Crippen molar-refractivity contribution >= 4 is 11.6 Å². The molecule has 104 valence electrons. The summed E-state index contributed by atoms with van der Waals surface area (Å²) in [6.07, 6.45) is 6.29. The molecule has 1 aliphatic rings. The van der Waals surface area contributed by atoms with Gasteiger partial charge in [-0.25, -0.2) is 8.78 Å². The second kappa shape index (κ2) is 5.99. The van der Waals surface area contributed by atoms with Crippen molar-refractivity contribution in [1.82, 2.24) is 5.32 Å². The van der Waals surface area contributed by atoms with Crippen molar-refractivity contribution in [2.24, 2.45) is 0 Å². The fourth-order valence-electron chi connectivity index (χ4n) is 2.43. The van der Waals surface area contributed by atoms with Crippen molar-refractivity contribution in [2.75, 3.05) is 5.73 Å². The normalized spacial score (nSPS) is 16.9. The summed E-state index contributed by atoms with van der Waals surface area (Å²) >= 11 is 0. The molecule has 2 rings (SSSR count). The molecule has 0 heterocycles. The molecule has 3 nitrogen and oxygen atoms in total. The Labute approximate surface area is 111 Å². The van der Waals surface area contributed by atoms with Gasteiger partial charge in [0.05, 0.1) is 11.3 Å². The Morgan fingerprint density at radius 1 is 1.11 bits per heavy atom. The highest BCUT2D eigenvalue weighted by Crippen LogP contribution is 2.20. The summed E-state index contributed by atoms with van der Waals surface area (Å²) in [4.78, 5) is 12.0. The maximum atomic E-state index is 13.6. The van der Waals surface area contributed by atoms with Gasteiger partial charge in [0.15, 0.2) is 0 Å². The predicted octanol–water partition coefficient (Wildman–Crippen LogP) is 3.00. The van der Waals surface area contributed by atoms with Crippen molar-refractivity contribution in [3.63, 3.8) is 0 Å². The third-order valence-corrected chi connectivity index (χ3v) is 3.52. The quantitative estimate of drug-likeness (QED) is 0.640. The van der Waals surface area contributed by atoms with Gasteiger partial charge in [0.1, 0.15) is 11.6 Å². The molecular weight excluding hydrogens is 250 g/mol. The Morgan fingerprint density at radius 3 is 2.37 bits per heavy atom. The number of carbonyl (C=O) groups excluding carboxylic acids is 1. The van der Waals surface area contributed by atoms with Crippen molar-refractivity contribution in [3.05, 3.63) is 29.3 Å². The molecule has 3 N–H and O–H groups in total. The van der Waals surface area contributed by atoms with Crippen LogP contribution in [-0.4, -0.2) is 11.9 Å². The molecule has 0 unspecified atom stereocenters. The van der Waals surface area contributed by atoms with Crippen LogP contribution in [0.2, 0.25) is 0 Å². The zero-order valence-electron chi connectivity index (χ0n) is 10.7. The summed E-state index contributed by atoms with van der Waals surface area (Å²) < 4.78 is 26.6. The van der Waals surface area contributed by atoms with Gasteiger partial charge in [-0.15, -0.1) is 0 Å². The first-order valence-electron chi connectivity index (χ1n) is 6.63. The number of rotatable bonds is 2. The van der Waals surface area contributed by atoms with Crippen LogP contribution in [0.1, 0.15) is 48.9 Å². The number of nitrogen functional groups attached to an aromatic ring is 1. The zero-order valence-corrected chi connectivity index (χ0v) is 10.7. The summed E-state index contributed by atoms with van der Waals surface area (Å²) in [7, 11) is 0.